The van der Waals surface area contributed by atoms with E-state index in [4.69, 9.17) is 9.10 Å². The van der Waals surface area contributed by atoms with Gasteiger partial charge in [-0.05, 0) is 53.0 Å². The van der Waals surface area contributed by atoms with Crippen molar-refractivity contribution in [2.45, 2.75) is 76.7 Å². The van der Waals surface area contributed by atoms with Gasteiger partial charge in [-0.3, -0.25) is 9.78 Å². The lowest BCUT2D eigenvalue weighted by Crippen LogP contribution is -2.43. The standard InChI is InChI=1S/C34H38N4OSi/c1-21(2)40(22(3)4,23(5)6)18-16-24-11-10-12-26-32(24)30-20-31(37(7)34(26)39)33-36-28-15-14-25(19-29(28)38(30)33)27-13-8-9-17-35-27/h8-15,17,19,21-23,30-31H,20H2,1-7H3/t30-,31-/m1/s1/i7D3. The number of nitrogens with zero attached hydrogens (tertiary/aromatic N) is 4. The van der Waals surface area contributed by atoms with Gasteiger partial charge in [0.25, 0.3) is 5.91 Å². The molecule has 0 aliphatic carbocycles. The quantitative estimate of drug-likeness (QED) is 0.193. The van der Waals surface area contributed by atoms with E-state index in [2.05, 4.69) is 68.6 Å². The number of fused-ring (bicyclic) bond motifs is 9. The Morgan fingerprint density at radius 3 is 2.42 bits per heavy atom. The molecule has 2 bridgehead atoms. The van der Waals surface area contributed by atoms with Gasteiger partial charge in [0.2, 0.25) is 0 Å². The maximum Gasteiger partial charge on any atom is 0.254 e. The van der Waals surface area contributed by atoms with Gasteiger partial charge in [-0.25, -0.2) is 4.98 Å². The number of hydrogen-bond acceptors (Lipinski definition) is 3. The Hall–Kier alpha value is -3.69. The van der Waals surface area contributed by atoms with Gasteiger partial charge in [0.1, 0.15) is 13.9 Å². The van der Waals surface area contributed by atoms with Crippen molar-refractivity contribution in [2.24, 2.45) is 0 Å². The molecule has 204 valence electrons. The van der Waals surface area contributed by atoms with Gasteiger partial charge in [-0.1, -0.05) is 65.7 Å². The fraction of sp³-hybridized carbons (Fsp3) is 0.382. The molecule has 2 aliphatic rings. The molecule has 6 heteroatoms. The summed E-state index contributed by atoms with van der Waals surface area (Å²) < 4.78 is 27.3. The number of rotatable bonds is 4. The summed E-state index contributed by atoms with van der Waals surface area (Å²) in [6, 6.07) is 16.5. The molecule has 1 amide bonds. The molecule has 0 unspecified atom stereocenters. The summed E-state index contributed by atoms with van der Waals surface area (Å²) >= 11 is 0. The molecule has 2 atom stereocenters. The van der Waals surface area contributed by atoms with E-state index in [9.17, 15) is 4.79 Å². The molecule has 0 saturated heterocycles. The normalized spacial score (nSPS) is 19.7. The first-order valence-corrected chi connectivity index (χ1v) is 16.5. The Morgan fingerprint density at radius 2 is 1.75 bits per heavy atom. The molecular weight excluding hydrogens is 508 g/mol. The summed E-state index contributed by atoms with van der Waals surface area (Å²) in [6.07, 6.45) is 2.20. The molecule has 0 spiro atoms. The zero-order valence-corrected chi connectivity index (χ0v) is 25.1. The van der Waals surface area contributed by atoms with Crippen LogP contribution in [0.1, 0.15) is 91.5 Å². The minimum absolute atomic E-state index is 0.283. The van der Waals surface area contributed by atoms with Crippen LogP contribution in [0.3, 0.4) is 0 Å². The number of imidazole rings is 1. The van der Waals surface area contributed by atoms with Crippen LogP contribution in [0.25, 0.3) is 22.3 Å². The van der Waals surface area contributed by atoms with Crippen LogP contribution in [0.2, 0.25) is 16.6 Å². The van der Waals surface area contributed by atoms with E-state index in [1.165, 1.54) is 0 Å². The zero-order valence-electron chi connectivity index (χ0n) is 27.1. The molecule has 5 nitrogen and oxygen atoms in total. The summed E-state index contributed by atoms with van der Waals surface area (Å²) in [6.45, 7) is 11.1. The predicted molar refractivity (Wildman–Crippen MR) is 165 cm³/mol. The van der Waals surface area contributed by atoms with Crippen LogP contribution in [-0.4, -0.2) is 40.4 Å². The highest BCUT2D eigenvalue weighted by atomic mass is 28.3. The lowest BCUT2D eigenvalue weighted by Gasteiger charge is -2.38. The second-order valence-corrected chi connectivity index (χ2v) is 17.7. The highest BCUT2D eigenvalue weighted by Gasteiger charge is 2.45. The van der Waals surface area contributed by atoms with Gasteiger partial charge >= 0.3 is 0 Å². The third-order valence-corrected chi connectivity index (χ3v) is 15.5. The number of pyridine rings is 1. The molecule has 40 heavy (non-hydrogen) atoms. The van der Waals surface area contributed by atoms with E-state index >= 15 is 0 Å². The number of carbonyl (C=O) groups excluding carboxylic acids is 1. The molecular formula is C34H38N4OSi. The zero-order chi connectivity index (χ0) is 30.8. The van der Waals surface area contributed by atoms with Crippen LogP contribution in [0, 0.1) is 11.5 Å². The second kappa shape index (κ2) is 9.74. The van der Waals surface area contributed by atoms with Crippen LogP contribution in [0.5, 0.6) is 0 Å². The molecule has 0 saturated carbocycles. The van der Waals surface area contributed by atoms with Gasteiger partial charge in [0.15, 0.2) is 0 Å². The average Bonchev–Trinajstić information content (AvgIpc) is 3.45. The number of carbonyl (C=O) groups is 1. The highest BCUT2D eigenvalue weighted by Crippen LogP contribution is 2.48. The van der Waals surface area contributed by atoms with Crippen LogP contribution in [0.4, 0.5) is 0 Å². The van der Waals surface area contributed by atoms with Gasteiger partial charge in [0.05, 0.1) is 28.8 Å². The molecule has 0 radical (unpaired) electrons. The minimum Gasteiger partial charge on any atom is -0.331 e. The first-order valence-electron chi connectivity index (χ1n) is 15.8. The highest BCUT2D eigenvalue weighted by molar-refractivity contribution is 6.90. The van der Waals surface area contributed by atoms with Crippen molar-refractivity contribution >= 4 is 25.0 Å². The summed E-state index contributed by atoms with van der Waals surface area (Å²) in [5.41, 5.74) is 10.7. The summed E-state index contributed by atoms with van der Waals surface area (Å²) in [4.78, 5) is 24.6. The van der Waals surface area contributed by atoms with Gasteiger partial charge in [-0.2, -0.15) is 0 Å². The van der Waals surface area contributed by atoms with Gasteiger partial charge < -0.3 is 9.47 Å². The van der Waals surface area contributed by atoms with Crippen molar-refractivity contribution in [1.82, 2.24) is 19.4 Å². The van der Waals surface area contributed by atoms with Crippen LogP contribution in [-0.2, 0) is 0 Å². The van der Waals surface area contributed by atoms with Crippen LogP contribution in [0.15, 0.2) is 60.8 Å². The Labute approximate surface area is 242 Å². The van der Waals surface area contributed by atoms with Crippen LogP contribution < -0.4 is 0 Å². The Morgan fingerprint density at radius 1 is 0.975 bits per heavy atom. The summed E-state index contributed by atoms with van der Waals surface area (Å²) in [7, 11) is -2.07. The molecule has 0 fully saturated rings. The average molecular weight is 550 g/mol. The first-order chi connectivity index (χ1) is 20.4. The number of aromatic nitrogens is 3. The van der Waals surface area contributed by atoms with E-state index < -0.39 is 27.0 Å². The summed E-state index contributed by atoms with van der Waals surface area (Å²) in [5, 5.41) is 0. The molecule has 4 aromatic rings. The van der Waals surface area contributed by atoms with Crippen molar-refractivity contribution in [2.75, 3.05) is 6.98 Å². The van der Waals surface area contributed by atoms with E-state index in [-0.39, 0.29) is 6.04 Å². The molecule has 2 aromatic carbocycles. The van der Waals surface area contributed by atoms with Crippen molar-refractivity contribution in [1.29, 1.82) is 0 Å². The van der Waals surface area contributed by atoms with E-state index in [1.807, 2.05) is 42.5 Å². The maximum absolute atomic E-state index is 14.1. The predicted octanol–water partition coefficient (Wildman–Crippen LogP) is 7.79. The third-order valence-electron chi connectivity index (χ3n) is 9.21. The maximum atomic E-state index is 14.1. The van der Waals surface area contributed by atoms with Gasteiger partial charge in [-0.15, -0.1) is 5.54 Å². The molecule has 4 heterocycles. The van der Waals surface area contributed by atoms with Gasteiger partial charge in [0, 0.05) is 46.0 Å². The SMILES string of the molecule is [2H]C([2H])([2H])N1C(=O)c2cccc(C#C[Si](C(C)C)(C(C)C)C(C)C)c2[C@H]2C[C@@H]1c1nc3ccc(-c4ccccn4)cc3n12. The Balaban J connectivity index is 1.62. The number of amides is 1. The van der Waals surface area contributed by atoms with Crippen molar-refractivity contribution in [3.63, 3.8) is 0 Å². The van der Waals surface area contributed by atoms with Crippen molar-refractivity contribution < 1.29 is 8.91 Å². The van der Waals surface area contributed by atoms with Crippen LogP contribution >= 0.6 is 0 Å². The first kappa shape index (κ1) is 23.1. The van der Waals surface area contributed by atoms with Crippen molar-refractivity contribution in [3.05, 3.63) is 83.3 Å². The van der Waals surface area contributed by atoms with Crippen molar-refractivity contribution in [3.8, 4) is 22.7 Å². The van der Waals surface area contributed by atoms with E-state index in [0.29, 0.717) is 34.4 Å². The Kier molecular flexibility index (Phi) is 5.62. The third kappa shape index (κ3) is 3.86. The minimum atomic E-state index is -2.63. The number of hydrogen-bond donors (Lipinski definition) is 0. The van der Waals surface area contributed by atoms with E-state index in [0.717, 1.165) is 38.3 Å². The lowest BCUT2D eigenvalue weighted by molar-refractivity contribution is 0.0734. The fourth-order valence-electron chi connectivity index (χ4n) is 7.36. The Bertz CT molecular complexity index is 1760. The fourth-order valence-corrected chi connectivity index (χ4v) is 12.6. The second-order valence-electron chi connectivity index (χ2n) is 12.1. The lowest BCUT2D eigenvalue weighted by atomic mass is 9.93. The topological polar surface area (TPSA) is 51.0 Å². The summed E-state index contributed by atoms with van der Waals surface area (Å²) in [5.74, 6) is 3.72. The number of benzene rings is 2. The molecule has 6 rings (SSSR count). The smallest absolute Gasteiger partial charge is 0.254 e. The molecule has 2 aliphatic heterocycles. The molecule has 2 aromatic heterocycles. The molecule has 0 N–H and O–H groups in total. The largest absolute Gasteiger partial charge is 0.331 e. The monoisotopic (exact) mass is 549 g/mol. The van der Waals surface area contributed by atoms with E-state index in [1.54, 1.807) is 12.3 Å².